The summed E-state index contributed by atoms with van der Waals surface area (Å²) in [4.78, 5) is 12.4. The molecule has 0 bridgehead atoms. The summed E-state index contributed by atoms with van der Waals surface area (Å²) in [6, 6.07) is 17.7. The molecule has 27 heavy (non-hydrogen) atoms. The standard InChI is InChI=1S/C21H21F3O3/c22-21(23,24)20(15-18(25)12-11-16-7-3-1-4-8-16)13-14-26-19(27-20)17-9-5-2-6-10-17/h1-10,19H,11-15H2. The first-order valence-corrected chi connectivity index (χ1v) is 8.86. The van der Waals surface area contributed by atoms with Crippen LogP contribution in [0.1, 0.15) is 36.7 Å². The molecular formula is C21H21F3O3. The van der Waals surface area contributed by atoms with E-state index in [1.54, 1.807) is 30.3 Å². The van der Waals surface area contributed by atoms with Gasteiger partial charge >= 0.3 is 6.18 Å². The van der Waals surface area contributed by atoms with Crippen LogP contribution in [0.2, 0.25) is 0 Å². The Morgan fingerprint density at radius 3 is 2.30 bits per heavy atom. The lowest BCUT2D eigenvalue weighted by Crippen LogP contribution is -2.53. The maximum Gasteiger partial charge on any atom is 0.418 e. The third kappa shape index (κ3) is 4.76. The molecule has 0 aliphatic carbocycles. The first-order valence-electron chi connectivity index (χ1n) is 8.86. The van der Waals surface area contributed by atoms with E-state index in [0.717, 1.165) is 5.56 Å². The fourth-order valence-corrected chi connectivity index (χ4v) is 3.18. The Bertz CT molecular complexity index is 746. The quantitative estimate of drug-likeness (QED) is 0.708. The summed E-state index contributed by atoms with van der Waals surface area (Å²) in [7, 11) is 0. The summed E-state index contributed by atoms with van der Waals surface area (Å²) in [5.74, 6) is -0.468. The van der Waals surface area contributed by atoms with Crippen molar-refractivity contribution >= 4 is 5.78 Å². The molecule has 0 N–H and O–H groups in total. The molecule has 1 saturated heterocycles. The van der Waals surface area contributed by atoms with Crippen molar-refractivity contribution in [2.75, 3.05) is 6.61 Å². The third-order valence-corrected chi connectivity index (χ3v) is 4.71. The van der Waals surface area contributed by atoms with E-state index in [1.165, 1.54) is 0 Å². The second-order valence-corrected chi connectivity index (χ2v) is 6.67. The molecule has 1 aliphatic heterocycles. The molecule has 2 aromatic carbocycles. The van der Waals surface area contributed by atoms with Gasteiger partial charge in [-0.25, -0.2) is 0 Å². The van der Waals surface area contributed by atoms with E-state index in [2.05, 4.69) is 0 Å². The SMILES string of the molecule is O=C(CCc1ccccc1)CC1(C(F)(F)F)CCOC(c2ccccc2)O1. The van der Waals surface area contributed by atoms with Crippen molar-refractivity contribution in [2.24, 2.45) is 0 Å². The highest BCUT2D eigenvalue weighted by molar-refractivity contribution is 5.80. The van der Waals surface area contributed by atoms with Crippen LogP contribution in [-0.2, 0) is 20.7 Å². The predicted molar refractivity (Wildman–Crippen MR) is 94.0 cm³/mol. The molecule has 3 rings (SSSR count). The van der Waals surface area contributed by atoms with E-state index in [0.29, 0.717) is 12.0 Å². The van der Waals surface area contributed by atoms with Crippen molar-refractivity contribution in [3.63, 3.8) is 0 Å². The zero-order chi connectivity index (χ0) is 19.3. The van der Waals surface area contributed by atoms with Gasteiger partial charge in [0.05, 0.1) is 6.61 Å². The molecule has 2 unspecified atom stereocenters. The molecule has 2 atom stereocenters. The molecule has 0 amide bonds. The average Bonchev–Trinajstić information content (AvgIpc) is 2.67. The Hall–Kier alpha value is -2.18. The van der Waals surface area contributed by atoms with E-state index in [-0.39, 0.29) is 13.0 Å². The van der Waals surface area contributed by atoms with Gasteiger partial charge in [-0.15, -0.1) is 0 Å². The highest BCUT2D eigenvalue weighted by Crippen LogP contribution is 2.46. The van der Waals surface area contributed by atoms with Crippen LogP contribution >= 0.6 is 0 Å². The normalized spacial score (nSPS) is 23.1. The highest BCUT2D eigenvalue weighted by atomic mass is 19.4. The minimum absolute atomic E-state index is 0.0437. The van der Waals surface area contributed by atoms with Crippen molar-refractivity contribution in [1.82, 2.24) is 0 Å². The summed E-state index contributed by atoms with van der Waals surface area (Å²) in [6.45, 7) is -0.120. The Labute approximate surface area is 156 Å². The molecule has 1 fully saturated rings. The van der Waals surface area contributed by atoms with Crippen molar-refractivity contribution in [3.05, 3.63) is 71.8 Å². The van der Waals surface area contributed by atoms with Crippen molar-refractivity contribution < 1.29 is 27.4 Å². The molecule has 3 nitrogen and oxygen atoms in total. The van der Waals surface area contributed by atoms with Gasteiger partial charge in [-0.2, -0.15) is 13.2 Å². The van der Waals surface area contributed by atoms with Crippen LogP contribution in [0.5, 0.6) is 0 Å². The first kappa shape index (κ1) is 19.6. The zero-order valence-corrected chi connectivity index (χ0v) is 14.7. The molecule has 0 aromatic heterocycles. The Morgan fingerprint density at radius 1 is 1.04 bits per heavy atom. The molecule has 144 valence electrons. The lowest BCUT2D eigenvalue weighted by molar-refractivity contribution is -0.356. The van der Waals surface area contributed by atoms with Gasteiger partial charge < -0.3 is 9.47 Å². The van der Waals surface area contributed by atoms with Gasteiger partial charge in [-0.1, -0.05) is 60.7 Å². The maximum absolute atomic E-state index is 13.9. The van der Waals surface area contributed by atoms with Crippen molar-refractivity contribution in [2.45, 2.75) is 43.8 Å². The van der Waals surface area contributed by atoms with E-state index in [1.807, 2.05) is 30.3 Å². The van der Waals surface area contributed by atoms with Crippen LogP contribution in [0.25, 0.3) is 0 Å². The second-order valence-electron chi connectivity index (χ2n) is 6.67. The van der Waals surface area contributed by atoms with Gasteiger partial charge in [0, 0.05) is 24.8 Å². The van der Waals surface area contributed by atoms with E-state index in [9.17, 15) is 18.0 Å². The molecule has 2 aromatic rings. The number of carbonyl (C=O) groups is 1. The summed E-state index contributed by atoms with van der Waals surface area (Å²) in [5.41, 5.74) is -1.09. The molecular weight excluding hydrogens is 357 g/mol. The second kappa shape index (κ2) is 8.23. The van der Waals surface area contributed by atoms with Crippen molar-refractivity contribution in [1.29, 1.82) is 0 Å². The van der Waals surface area contributed by atoms with Crippen LogP contribution in [-0.4, -0.2) is 24.2 Å². The number of rotatable bonds is 6. The molecule has 1 aliphatic rings. The maximum atomic E-state index is 13.9. The number of carbonyl (C=O) groups excluding carboxylic acids is 1. The molecule has 0 radical (unpaired) electrons. The monoisotopic (exact) mass is 378 g/mol. The van der Waals surface area contributed by atoms with Crippen LogP contribution in [0, 0.1) is 0 Å². The van der Waals surface area contributed by atoms with Gasteiger partial charge in [-0.3, -0.25) is 4.79 Å². The number of hydrogen-bond acceptors (Lipinski definition) is 3. The van der Waals surface area contributed by atoms with Gasteiger partial charge in [0.15, 0.2) is 11.9 Å². The smallest absolute Gasteiger partial charge is 0.348 e. The van der Waals surface area contributed by atoms with E-state index in [4.69, 9.17) is 9.47 Å². The minimum Gasteiger partial charge on any atom is -0.348 e. The van der Waals surface area contributed by atoms with E-state index < -0.39 is 36.7 Å². The number of benzene rings is 2. The van der Waals surface area contributed by atoms with Crippen LogP contribution in [0.15, 0.2) is 60.7 Å². The lowest BCUT2D eigenvalue weighted by atomic mass is 9.89. The largest absolute Gasteiger partial charge is 0.418 e. The predicted octanol–water partition coefficient (Wildman–Crippen LogP) is 5.02. The summed E-state index contributed by atoms with van der Waals surface area (Å²) in [5, 5.41) is 0. The zero-order valence-electron chi connectivity index (χ0n) is 14.7. The molecule has 0 spiro atoms. The number of Topliss-reactive ketones (excluding diaryl/α,β-unsaturated/α-hetero) is 1. The number of hydrogen-bond donors (Lipinski definition) is 0. The van der Waals surface area contributed by atoms with E-state index >= 15 is 0 Å². The lowest BCUT2D eigenvalue weighted by Gasteiger charge is -2.42. The van der Waals surface area contributed by atoms with Gasteiger partial charge in [-0.05, 0) is 12.0 Å². The topological polar surface area (TPSA) is 35.5 Å². The minimum atomic E-state index is -4.66. The summed E-state index contributed by atoms with van der Waals surface area (Å²) < 4.78 is 52.4. The fraction of sp³-hybridized carbons (Fsp3) is 0.381. The number of alkyl halides is 3. The summed E-state index contributed by atoms with van der Waals surface area (Å²) >= 11 is 0. The van der Waals surface area contributed by atoms with Crippen LogP contribution in [0.4, 0.5) is 13.2 Å². The molecule has 1 heterocycles. The van der Waals surface area contributed by atoms with Gasteiger partial charge in [0.2, 0.25) is 0 Å². The average molecular weight is 378 g/mol. The number of ketones is 1. The third-order valence-electron chi connectivity index (χ3n) is 4.71. The Balaban J connectivity index is 1.72. The molecule has 0 saturated carbocycles. The van der Waals surface area contributed by atoms with Gasteiger partial charge in [0.1, 0.15) is 5.78 Å². The van der Waals surface area contributed by atoms with Crippen LogP contribution < -0.4 is 0 Å². The Morgan fingerprint density at radius 2 is 1.67 bits per heavy atom. The van der Waals surface area contributed by atoms with Gasteiger partial charge in [0.25, 0.3) is 0 Å². The molecule has 6 heteroatoms. The fourth-order valence-electron chi connectivity index (χ4n) is 3.18. The summed E-state index contributed by atoms with van der Waals surface area (Å²) in [6.07, 6.45) is -6.43. The van der Waals surface area contributed by atoms with Crippen LogP contribution in [0.3, 0.4) is 0 Å². The Kier molecular flexibility index (Phi) is 5.97. The number of ether oxygens (including phenoxy) is 2. The number of aryl methyl sites for hydroxylation is 1. The first-order chi connectivity index (χ1) is 12.9. The van der Waals surface area contributed by atoms with Crippen molar-refractivity contribution in [3.8, 4) is 0 Å². The number of halogens is 3. The highest BCUT2D eigenvalue weighted by Gasteiger charge is 2.59.